The van der Waals surface area contributed by atoms with E-state index >= 15 is 0 Å². The molecule has 0 aliphatic carbocycles. The van der Waals surface area contributed by atoms with Crippen molar-refractivity contribution in [3.8, 4) is 23.0 Å². The topological polar surface area (TPSA) is 86.5 Å². The van der Waals surface area contributed by atoms with Gasteiger partial charge in [0.1, 0.15) is 0 Å². The smallest absolute Gasteiger partial charge is 0.277 e. The maximum absolute atomic E-state index is 12.2. The number of thioether (sulfide) groups is 1. The van der Waals surface area contributed by atoms with E-state index in [2.05, 4.69) is 15.5 Å². The molecule has 27 heavy (non-hydrogen) atoms. The molecule has 0 unspecified atom stereocenters. The van der Waals surface area contributed by atoms with E-state index in [9.17, 15) is 4.79 Å². The van der Waals surface area contributed by atoms with Crippen LogP contribution < -0.4 is 14.8 Å². The number of carbonyl (C=O) groups is 1. The molecule has 1 amide bonds. The van der Waals surface area contributed by atoms with Crippen LogP contribution in [0.25, 0.3) is 11.5 Å². The average Bonchev–Trinajstić information content (AvgIpc) is 3.15. The molecule has 140 valence electrons. The molecule has 0 saturated heterocycles. The quantitative estimate of drug-likeness (QED) is 0.591. The van der Waals surface area contributed by atoms with Crippen LogP contribution in [0.3, 0.4) is 0 Å². The number of halogens is 1. The molecule has 0 spiro atoms. The van der Waals surface area contributed by atoms with E-state index < -0.39 is 0 Å². The number of nitrogens with one attached hydrogen (secondary N) is 1. The number of hydrogen-bond acceptors (Lipinski definition) is 7. The summed E-state index contributed by atoms with van der Waals surface area (Å²) < 4.78 is 15.9. The summed E-state index contributed by atoms with van der Waals surface area (Å²) in [7, 11) is 3.08. The van der Waals surface area contributed by atoms with Gasteiger partial charge in [-0.15, -0.1) is 10.2 Å². The van der Waals surface area contributed by atoms with Crippen molar-refractivity contribution in [3.63, 3.8) is 0 Å². The van der Waals surface area contributed by atoms with Gasteiger partial charge in [0.2, 0.25) is 11.8 Å². The normalized spacial score (nSPS) is 10.5. The van der Waals surface area contributed by atoms with Crippen molar-refractivity contribution in [2.75, 3.05) is 25.3 Å². The van der Waals surface area contributed by atoms with Gasteiger partial charge in [-0.2, -0.15) is 0 Å². The Bertz CT molecular complexity index is 948. The zero-order valence-corrected chi connectivity index (χ0v) is 16.1. The molecular formula is C18H16ClN3O4S. The number of methoxy groups -OCH3 is 2. The molecule has 7 nitrogen and oxygen atoms in total. The maximum Gasteiger partial charge on any atom is 0.277 e. The average molecular weight is 406 g/mol. The Morgan fingerprint density at radius 3 is 2.70 bits per heavy atom. The Morgan fingerprint density at radius 2 is 1.96 bits per heavy atom. The standard InChI is InChI=1S/C18H16ClN3O4S/c1-24-14-7-6-13(9-15(14)25-2)20-16(23)10-27-18-22-21-17(26-18)11-4-3-5-12(19)8-11/h3-9H,10H2,1-2H3,(H,20,23). The molecule has 0 radical (unpaired) electrons. The van der Waals surface area contributed by atoms with Gasteiger partial charge in [-0.05, 0) is 30.3 Å². The Kier molecular flexibility index (Phi) is 6.20. The van der Waals surface area contributed by atoms with Crippen molar-refractivity contribution in [1.82, 2.24) is 10.2 Å². The van der Waals surface area contributed by atoms with Crippen LogP contribution >= 0.6 is 23.4 Å². The lowest BCUT2D eigenvalue weighted by atomic mass is 10.2. The zero-order chi connectivity index (χ0) is 19.2. The Hall–Kier alpha value is -2.71. The largest absolute Gasteiger partial charge is 0.493 e. The summed E-state index contributed by atoms with van der Waals surface area (Å²) in [5.41, 5.74) is 1.32. The van der Waals surface area contributed by atoms with Gasteiger partial charge in [0.25, 0.3) is 5.22 Å². The highest BCUT2D eigenvalue weighted by Gasteiger charge is 2.12. The minimum absolute atomic E-state index is 0.117. The van der Waals surface area contributed by atoms with Gasteiger partial charge in [0.15, 0.2) is 11.5 Å². The first-order valence-electron chi connectivity index (χ1n) is 7.83. The van der Waals surface area contributed by atoms with Crippen LogP contribution in [0.2, 0.25) is 5.02 Å². The van der Waals surface area contributed by atoms with Crippen LogP contribution in [0.1, 0.15) is 0 Å². The van der Waals surface area contributed by atoms with E-state index in [1.807, 2.05) is 6.07 Å². The second-order valence-corrected chi connectivity index (χ2v) is 6.65. The molecule has 0 atom stereocenters. The molecule has 9 heteroatoms. The first-order valence-corrected chi connectivity index (χ1v) is 9.19. The first-order chi connectivity index (χ1) is 13.1. The van der Waals surface area contributed by atoms with Gasteiger partial charge >= 0.3 is 0 Å². The minimum Gasteiger partial charge on any atom is -0.493 e. The summed E-state index contributed by atoms with van der Waals surface area (Å²) in [6, 6.07) is 12.2. The monoisotopic (exact) mass is 405 g/mol. The number of hydrogen-bond donors (Lipinski definition) is 1. The highest BCUT2D eigenvalue weighted by molar-refractivity contribution is 7.99. The third-order valence-corrected chi connectivity index (χ3v) is 4.53. The molecule has 3 rings (SSSR count). The summed E-state index contributed by atoms with van der Waals surface area (Å²) in [5.74, 6) is 1.37. The van der Waals surface area contributed by atoms with E-state index in [1.54, 1.807) is 43.5 Å². The molecule has 2 aromatic carbocycles. The second kappa shape index (κ2) is 8.79. The van der Waals surface area contributed by atoms with Crippen LogP contribution in [0, 0.1) is 0 Å². The van der Waals surface area contributed by atoms with E-state index in [0.717, 1.165) is 17.3 Å². The third kappa shape index (κ3) is 4.93. The van der Waals surface area contributed by atoms with E-state index in [1.165, 1.54) is 7.11 Å². The second-order valence-electron chi connectivity index (χ2n) is 5.29. The fourth-order valence-electron chi connectivity index (χ4n) is 2.24. The summed E-state index contributed by atoms with van der Waals surface area (Å²) in [6.07, 6.45) is 0. The van der Waals surface area contributed by atoms with E-state index in [4.69, 9.17) is 25.5 Å². The fraction of sp³-hybridized carbons (Fsp3) is 0.167. The number of anilines is 1. The number of aromatic nitrogens is 2. The molecule has 0 fully saturated rings. The third-order valence-electron chi connectivity index (χ3n) is 3.47. The molecule has 0 aliphatic rings. The van der Waals surface area contributed by atoms with Crippen LogP contribution in [0.5, 0.6) is 11.5 Å². The summed E-state index contributed by atoms with van der Waals surface area (Å²) in [6.45, 7) is 0. The SMILES string of the molecule is COc1ccc(NC(=O)CSc2nnc(-c3cccc(Cl)c3)o2)cc1OC. The van der Waals surface area contributed by atoms with Crippen LogP contribution in [-0.2, 0) is 4.79 Å². The number of nitrogens with zero attached hydrogens (tertiary/aromatic N) is 2. The predicted octanol–water partition coefficient (Wildman–Crippen LogP) is 4.14. The zero-order valence-electron chi connectivity index (χ0n) is 14.6. The summed E-state index contributed by atoms with van der Waals surface area (Å²) >= 11 is 7.10. The van der Waals surface area contributed by atoms with Gasteiger partial charge in [0.05, 0.1) is 20.0 Å². The van der Waals surface area contributed by atoms with Crippen LogP contribution in [0.4, 0.5) is 5.69 Å². The molecular weight excluding hydrogens is 390 g/mol. The molecule has 0 saturated carbocycles. The van der Waals surface area contributed by atoms with E-state index in [0.29, 0.717) is 33.3 Å². The number of ether oxygens (including phenoxy) is 2. The first kappa shape index (κ1) is 19.1. The molecule has 1 aromatic heterocycles. The van der Waals surface area contributed by atoms with Gasteiger partial charge in [0, 0.05) is 22.3 Å². The summed E-state index contributed by atoms with van der Waals surface area (Å²) in [4.78, 5) is 12.2. The Balaban J connectivity index is 1.58. The van der Waals surface area contributed by atoms with Gasteiger partial charge in [-0.1, -0.05) is 29.4 Å². The van der Waals surface area contributed by atoms with Crippen molar-refractivity contribution in [3.05, 3.63) is 47.5 Å². The van der Waals surface area contributed by atoms with Crippen LogP contribution in [-0.4, -0.2) is 36.1 Å². The van der Waals surface area contributed by atoms with Crippen LogP contribution in [0.15, 0.2) is 52.1 Å². The van der Waals surface area contributed by atoms with Crippen molar-refractivity contribution in [2.45, 2.75) is 5.22 Å². The lowest BCUT2D eigenvalue weighted by Gasteiger charge is -2.10. The maximum atomic E-state index is 12.2. The lowest BCUT2D eigenvalue weighted by molar-refractivity contribution is -0.113. The number of benzene rings is 2. The highest BCUT2D eigenvalue weighted by Crippen LogP contribution is 2.30. The Labute approximate surface area is 165 Å². The van der Waals surface area contributed by atoms with Crippen molar-refractivity contribution in [2.24, 2.45) is 0 Å². The highest BCUT2D eigenvalue weighted by atomic mass is 35.5. The van der Waals surface area contributed by atoms with Gasteiger partial charge in [-0.25, -0.2) is 0 Å². The number of carbonyl (C=O) groups excluding carboxylic acids is 1. The number of rotatable bonds is 7. The van der Waals surface area contributed by atoms with Crippen molar-refractivity contribution < 1.29 is 18.7 Å². The van der Waals surface area contributed by atoms with E-state index in [-0.39, 0.29) is 11.7 Å². The minimum atomic E-state index is -0.213. The lowest BCUT2D eigenvalue weighted by Crippen LogP contribution is -2.14. The van der Waals surface area contributed by atoms with Crippen molar-refractivity contribution >= 4 is 35.0 Å². The molecule has 0 aliphatic heterocycles. The van der Waals surface area contributed by atoms with Gasteiger partial charge in [-0.3, -0.25) is 4.79 Å². The molecule has 1 heterocycles. The molecule has 0 bridgehead atoms. The fourth-order valence-corrected chi connectivity index (χ4v) is 3.00. The summed E-state index contributed by atoms with van der Waals surface area (Å²) in [5, 5.41) is 11.6. The van der Waals surface area contributed by atoms with Crippen molar-refractivity contribution in [1.29, 1.82) is 0 Å². The molecule has 3 aromatic rings. The van der Waals surface area contributed by atoms with Gasteiger partial charge < -0.3 is 19.2 Å². The molecule has 1 N–H and O–H groups in total. The Morgan fingerprint density at radius 1 is 1.15 bits per heavy atom. The number of amides is 1. The predicted molar refractivity (Wildman–Crippen MR) is 104 cm³/mol.